The topological polar surface area (TPSA) is 115 Å². The summed E-state index contributed by atoms with van der Waals surface area (Å²) >= 11 is 7.70. The Balaban J connectivity index is 1.12. The number of fused-ring (bicyclic) bond motifs is 1. The highest BCUT2D eigenvalue weighted by Gasteiger charge is 2.38. The minimum atomic E-state index is -1.08. The smallest absolute Gasteiger partial charge is 0.407 e. The van der Waals surface area contributed by atoms with E-state index in [4.69, 9.17) is 4.74 Å². The number of carbonyl (C=O) groups is 2. The fourth-order valence-electron chi connectivity index (χ4n) is 3.96. The van der Waals surface area contributed by atoms with Crippen molar-refractivity contribution >= 4 is 71.7 Å². The number of para-hydroxylation sites is 1. The maximum absolute atomic E-state index is 12.5. The molecule has 1 aromatic heterocycles. The van der Waals surface area contributed by atoms with Crippen LogP contribution in [0.4, 0.5) is 15.3 Å². The number of phenols is 1. The number of nitrogens with zero attached hydrogens (tertiary/aromatic N) is 3. The Morgan fingerprint density at radius 2 is 1.74 bits per heavy atom. The molecule has 4 aromatic rings. The summed E-state index contributed by atoms with van der Waals surface area (Å²) in [4.78, 5) is 30.5. The number of anilines is 1. The van der Waals surface area contributed by atoms with Gasteiger partial charge in [0.15, 0.2) is 5.75 Å². The Bertz CT molecular complexity index is 1520. The lowest BCUT2D eigenvalue weighted by Gasteiger charge is -2.24. The molecule has 0 saturated carbocycles. The maximum Gasteiger partial charge on any atom is 0.407 e. The van der Waals surface area contributed by atoms with Gasteiger partial charge in [0.1, 0.15) is 12.1 Å². The van der Waals surface area contributed by atoms with Gasteiger partial charge in [0.25, 0.3) is 0 Å². The minimum absolute atomic E-state index is 0.0128. The Morgan fingerprint density at radius 3 is 2.49 bits per heavy atom. The third-order valence-corrected chi connectivity index (χ3v) is 8.24. The number of aliphatic hydroxyl groups excluding tert-OH is 1. The predicted octanol–water partition coefficient (Wildman–Crippen LogP) is 6.26. The number of halogens is 2. The molecule has 200 valence electrons. The van der Waals surface area contributed by atoms with Crippen molar-refractivity contribution in [2.24, 2.45) is 0 Å². The zero-order valence-corrected chi connectivity index (χ0v) is 24.2. The van der Waals surface area contributed by atoms with Crippen LogP contribution in [0.15, 0.2) is 81.7 Å². The van der Waals surface area contributed by atoms with E-state index in [1.54, 1.807) is 22.5 Å². The first-order valence-electron chi connectivity index (χ1n) is 11.8. The van der Waals surface area contributed by atoms with Gasteiger partial charge in [0, 0.05) is 16.4 Å². The summed E-state index contributed by atoms with van der Waals surface area (Å²) in [5.41, 5.74) is 3.31. The molecule has 0 radical (unpaired) electrons. The molecular formula is C27H22Br2N4O5S. The number of carbonyl (C=O) groups excluding carboxylic acids is 2. The first kappa shape index (κ1) is 27.3. The van der Waals surface area contributed by atoms with Crippen LogP contribution in [0, 0.1) is 0 Å². The fourth-order valence-corrected chi connectivity index (χ4v) is 6.10. The average molecular weight is 674 g/mol. The van der Waals surface area contributed by atoms with Crippen molar-refractivity contribution in [1.82, 2.24) is 15.2 Å². The number of aromatic hydroxyl groups is 1. The highest BCUT2D eigenvalue weighted by atomic mass is 79.9. The molecule has 3 aromatic carbocycles. The number of benzene rings is 3. The number of aliphatic hydroxyl groups is 1. The van der Waals surface area contributed by atoms with Gasteiger partial charge in [-0.25, -0.2) is 9.78 Å². The molecule has 1 atom stereocenters. The van der Waals surface area contributed by atoms with Crippen LogP contribution < -0.4 is 9.62 Å². The summed E-state index contributed by atoms with van der Waals surface area (Å²) in [7, 11) is 0. The van der Waals surface area contributed by atoms with Gasteiger partial charge in [0.05, 0.1) is 34.3 Å². The van der Waals surface area contributed by atoms with Crippen molar-refractivity contribution < 1.29 is 24.5 Å². The quantitative estimate of drug-likeness (QED) is 0.197. The number of amides is 2. The highest BCUT2D eigenvalue weighted by molar-refractivity contribution is 9.11. The van der Waals surface area contributed by atoms with Crippen molar-refractivity contribution in [1.29, 1.82) is 0 Å². The normalized spacial score (nSPS) is 15.2. The number of hydrogen-bond acceptors (Lipinski definition) is 8. The lowest BCUT2D eigenvalue weighted by molar-refractivity contribution is 0.0537. The zero-order valence-electron chi connectivity index (χ0n) is 20.3. The van der Waals surface area contributed by atoms with E-state index >= 15 is 0 Å². The van der Waals surface area contributed by atoms with Gasteiger partial charge in [-0.2, -0.15) is 0 Å². The van der Waals surface area contributed by atoms with Gasteiger partial charge in [-0.3, -0.25) is 14.0 Å². The number of hydrogen-bond donors (Lipinski definition) is 3. The molecule has 0 bridgehead atoms. The third-order valence-electron chi connectivity index (χ3n) is 5.99. The standard InChI is InChI=1S/C27H22Br2N4O5S/c28-21-12-22(29)24(34)23-20(21)11-10-18(31-23)15-38-25(35)30-13-16-6-8-17(9-7-16)14-32-26(36)33(39-27(32)37)19-4-2-1-3-5-19/h1-12,26,34,36H,13-15H2,(H,30,35). The molecule has 1 unspecified atom stereocenters. The maximum atomic E-state index is 12.5. The van der Waals surface area contributed by atoms with E-state index in [0.717, 1.165) is 38.6 Å². The van der Waals surface area contributed by atoms with E-state index in [2.05, 4.69) is 42.2 Å². The molecule has 1 aliphatic heterocycles. The van der Waals surface area contributed by atoms with Crippen molar-refractivity contribution in [3.8, 4) is 5.75 Å². The lowest BCUT2D eigenvalue weighted by Crippen LogP contribution is -2.38. The number of aromatic nitrogens is 1. The Kier molecular flexibility index (Phi) is 8.26. The summed E-state index contributed by atoms with van der Waals surface area (Å²) in [6, 6.07) is 21.9. The van der Waals surface area contributed by atoms with E-state index in [0.29, 0.717) is 15.7 Å². The second kappa shape index (κ2) is 11.8. The molecule has 9 nitrogen and oxygen atoms in total. The minimum Gasteiger partial charge on any atom is -0.505 e. The lowest BCUT2D eigenvalue weighted by atomic mass is 10.1. The van der Waals surface area contributed by atoms with E-state index in [1.807, 2.05) is 54.6 Å². The van der Waals surface area contributed by atoms with Crippen LogP contribution in [-0.4, -0.2) is 37.8 Å². The van der Waals surface area contributed by atoms with Crippen molar-refractivity contribution in [3.05, 3.63) is 98.6 Å². The Hall–Kier alpha value is -3.32. The monoisotopic (exact) mass is 672 g/mol. The summed E-state index contributed by atoms with van der Waals surface area (Å²) in [5.74, 6) is 0.0128. The second-order valence-corrected chi connectivity index (χ2v) is 11.3. The van der Waals surface area contributed by atoms with Crippen LogP contribution in [0.1, 0.15) is 16.8 Å². The van der Waals surface area contributed by atoms with Gasteiger partial charge in [0.2, 0.25) is 6.35 Å². The molecular weight excluding hydrogens is 652 g/mol. The molecule has 2 amide bonds. The van der Waals surface area contributed by atoms with E-state index < -0.39 is 12.4 Å². The van der Waals surface area contributed by atoms with Crippen molar-refractivity contribution in [2.45, 2.75) is 26.0 Å². The van der Waals surface area contributed by atoms with Crippen LogP contribution in [0.3, 0.4) is 0 Å². The molecule has 2 heterocycles. The first-order chi connectivity index (χ1) is 18.8. The van der Waals surface area contributed by atoms with E-state index in [9.17, 15) is 19.8 Å². The summed E-state index contributed by atoms with van der Waals surface area (Å²) in [6.45, 7) is 0.426. The van der Waals surface area contributed by atoms with Crippen LogP contribution in [0.5, 0.6) is 5.75 Å². The summed E-state index contributed by atoms with van der Waals surface area (Å²) < 4.78 is 8.14. The molecule has 12 heteroatoms. The molecule has 39 heavy (non-hydrogen) atoms. The van der Waals surface area contributed by atoms with E-state index in [-0.39, 0.29) is 30.7 Å². The number of pyridine rings is 1. The molecule has 5 rings (SSSR count). The highest BCUT2D eigenvalue weighted by Crippen LogP contribution is 2.37. The number of nitrogens with one attached hydrogen (secondary N) is 1. The van der Waals surface area contributed by atoms with Crippen LogP contribution in [0.2, 0.25) is 0 Å². The summed E-state index contributed by atoms with van der Waals surface area (Å²) in [6.07, 6.45) is -1.69. The number of alkyl carbamates (subject to hydrolysis) is 1. The van der Waals surface area contributed by atoms with Gasteiger partial charge in [-0.1, -0.05) is 58.4 Å². The predicted molar refractivity (Wildman–Crippen MR) is 156 cm³/mol. The van der Waals surface area contributed by atoms with Crippen LogP contribution in [-0.2, 0) is 24.4 Å². The van der Waals surface area contributed by atoms with Gasteiger partial charge in [-0.15, -0.1) is 0 Å². The molecule has 0 aliphatic carbocycles. The van der Waals surface area contributed by atoms with Gasteiger partial charge >= 0.3 is 11.3 Å². The van der Waals surface area contributed by atoms with Crippen molar-refractivity contribution in [3.63, 3.8) is 0 Å². The molecule has 1 saturated heterocycles. The molecule has 0 spiro atoms. The zero-order chi connectivity index (χ0) is 27.5. The number of rotatable bonds is 7. The largest absolute Gasteiger partial charge is 0.505 e. The molecule has 1 aliphatic rings. The van der Waals surface area contributed by atoms with Gasteiger partial charge in [-0.05, 0) is 57.4 Å². The summed E-state index contributed by atoms with van der Waals surface area (Å²) in [5, 5.41) is 24.2. The first-order valence-corrected chi connectivity index (χ1v) is 14.1. The number of ether oxygens (including phenoxy) is 1. The molecule has 3 N–H and O–H groups in total. The Labute approximate surface area is 245 Å². The van der Waals surface area contributed by atoms with Crippen molar-refractivity contribution in [2.75, 3.05) is 4.31 Å². The SMILES string of the molecule is O=C(NCc1ccc(CN2C(=O)SN(c3ccccc3)C2O)cc1)OCc1ccc2c(Br)cc(Br)c(O)c2n1. The van der Waals surface area contributed by atoms with Crippen LogP contribution in [0.25, 0.3) is 10.9 Å². The van der Waals surface area contributed by atoms with Gasteiger partial charge < -0.3 is 20.3 Å². The third kappa shape index (κ3) is 6.14. The molecule has 1 fully saturated rings. The fraction of sp³-hybridized carbons (Fsp3) is 0.148. The Morgan fingerprint density at radius 1 is 1.03 bits per heavy atom. The van der Waals surface area contributed by atoms with Crippen LogP contribution >= 0.6 is 43.8 Å². The second-order valence-electron chi connectivity index (χ2n) is 8.63. The average Bonchev–Trinajstić information content (AvgIpc) is 3.23. The number of phenolic OH excluding ortho intramolecular Hbond substituents is 1. The van der Waals surface area contributed by atoms with E-state index in [1.165, 1.54) is 4.90 Å².